The van der Waals surface area contributed by atoms with Crippen LogP contribution in [0.2, 0.25) is 0 Å². The maximum Gasteiger partial charge on any atom is 0.286 e. The molecule has 1 aromatic carbocycles. The molecule has 1 aliphatic rings. The van der Waals surface area contributed by atoms with E-state index in [2.05, 4.69) is 45.8 Å². The number of carbonyl (C=O) groups is 1. The van der Waals surface area contributed by atoms with E-state index in [9.17, 15) is 4.79 Å². The van der Waals surface area contributed by atoms with Gasteiger partial charge in [0.2, 0.25) is 0 Å². The molecular weight excluding hydrogens is 386 g/mol. The van der Waals surface area contributed by atoms with Gasteiger partial charge in [0.1, 0.15) is 9.88 Å². The van der Waals surface area contributed by atoms with E-state index in [1.165, 1.54) is 22.5 Å². The molecule has 1 atom stereocenters. The highest BCUT2D eigenvalue weighted by Crippen LogP contribution is 2.24. The Bertz CT molecular complexity index is 922. The molecule has 150 valence electrons. The quantitative estimate of drug-likeness (QED) is 0.593. The minimum absolute atomic E-state index is 0.317. The van der Waals surface area contributed by atoms with E-state index in [4.69, 9.17) is 9.57 Å². The van der Waals surface area contributed by atoms with Crippen molar-refractivity contribution in [1.29, 1.82) is 0 Å². The fraction of sp³-hybridized carbons (Fsp3) is 0.318. The van der Waals surface area contributed by atoms with Gasteiger partial charge in [-0.15, -0.1) is 11.3 Å². The Balaban J connectivity index is 1.31. The van der Waals surface area contributed by atoms with E-state index in [0.717, 1.165) is 37.8 Å². The molecule has 2 aromatic heterocycles. The minimum atomic E-state index is -0.370. The number of nitrogens with one attached hydrogen (secondary N) is 1. The standard InChI is InChI=1S/C22H23N3O3S/c26-21(25-28-20-8-4-5-13-27-20)19-15-24-22(29-19)18-12-11-17(14-23-18)10-9-16-6-2-1-3-7-16/h1-3,6-7,11-12,14-15,20H,4-5,8-10,13H2,(H,25,26). The molecule has 0 bridgehead atoms. The van der Waals surface area contributed by atoms with Crippen LogP contribution in [0.1, 0.15) is 40.1 Å². The number of carbonyl (C=O) groups excluding carboxylic acids is 1. The topological polar surface area (TPSA) is 73.3 Å². The van der Waals surface area contributed by atoms with Gasteiger partial charge in [-0.05, 0) is 42.9 Å². The lowest BCUT2D eigenvalue weighted by Gasteiger charge is -2.21. The van der Waals surface area contributed by atoms with Crippen molar-refractivity contribution in [2.45, 2.75) is 38.4 Å². The third kappa shape index (κ3) is 5.47. The van der Waals surface area contributed by atoms with Crippen molar-refractivity contribution in [3.63, 3.8) is 0 Å². The molecule has 1 unspecified atom stereocenters. The average Bonchev–Trinajstić information content (AvgIpc) is 3.28. The van der Waals surface area contributed by atoms with E-state index >= 15 is 0 Å². The van der Waals surface area contributed by atoms with E-state index < -0.39 is 0 Å². The molecule has 0 radical (unpaired) electrons. The molecule has 0 spiro atoms. The Morgan fingerprint density at radius 2 is 1.93 bits per heavy atom. The highest BCUT2D eigenvalue weighted by molar-refractivity contribution is 7.16. The molecule has 1 amide bonds. The van der Waals surface area contributed by atoms with Gasteiger partial charge >= 0.3 is 0 Å². The lowest BCUT2D eigenvalue weighted by atomic mass is 10.1. The second-order valence-electron chi connectivity index (χ2n) is 6.91. The van der Waals surface area contributed by atoms with E-state index in [1.54, 1.807) is 6.20 Å². The van der Waals surface area contributed by atoms with Gasteiger partial charge in [0.25, 0.3) is 5.91 Å². The van der Waals surface area contributed by atoms with Crippen LogP contribution >= 0.6 is 11.3 Å². The Kier molecular flexibility index (Phi) is 6.61. The number of aromatic nitrogens is 2. The summed E-state index contributed by atoms with van der Waals surface area (Å²) in [5, 5.41) is 0.707. The molecule has 1 N–H and O–H groups in total. The Hall–Kier alpha value is -2.61. The zero-order valence-corrected chi connectivity index (χ0v) is 16.9. The number of hydrogen-bond acceptors (Lipinski definition) is 6. The molecule has 1 fully saturated rings. The van der Waals surface area contributed by atoms with E-state index in [0.29, 0.717) is 16.5 Å². The highest BCUT2D eigenvalue weighted by Gasteiger charge is 2.18. The van der Waals surface area contributed by atoms with Gasteiger partial charge in [0.15, 0.2) is 6.29 Å². The van der Waals surface area contributed by atoms with Crippen molar-refractivity contribution >= 4 is 17.2 Å². The summed E-state index contributed by atoms with van der Waals surface area (Å²) >= 11 is 1.29. The molecule has 4 rings (SSSR count). The second-order valence-corrected chi connectivity index (χ2v) is 7.94. The first-order chi connectivity index (χ1) is 14.3. The average molecular weight is 410 g/mol. The number of hydrogen-bond donors (Lipinski definition) is 1. The summed E-state index contributed by atoms with van der Waals surface area (Å²) in [6, 6.07) is 14.4. The number of pyridine rings is 1. The van der Waals surface area contributed by atoms with E-state index in [1.807, 2.05) is 18.3 Å². The van der Waals surface area contributed by atoms with Crippen LogP contribution in [-0.4, -0.2) is 28.8 Å². The fourth-order valence-corrected chi connectivity index (χ4v) is 3.88. The number of rotatable bonds is 7. The van der Waals surface area contributed by atoms with Crippen LogP contribution in [0.5, 0.6) is 0 Å². The molecule has 1 aliphatic heterocycles. The zero-order valence-electron chi connectivity index (χ0n) is 16.0. The first-order valence-electron chi connectivity index (χ1n) is 9.80. The van der Waals surface area contributed by atoms with Gasteiger partial charge in [-0.1, -0.05) is 36.4 Å². The molecule has 1 saturated heterocycles. The molecular formula is C22H23N3O3S. The van der Waals surface area contributed by atoms with Crippen LogP contribution in [0, 0.1) is 0 Å². The summed E-state index contributed by atoms with van der Waals surface area (Å²) in [5.74, 6) is -0.317. The summed E-state index contributed by atoms with van der Waals surface area (Å²) in [6.45, 7) is 0.665. The predicted molar refractivity (Wildman–Crippen MR) is 111 cm³/mol. The molecule has 0 saturated carbocycles. The number of benzene rings is 1. The summed E-state index contributed by atoms with van der Waals surface area (Å²) in [6.07, 6.45) is 7.83. The number of hydroxylamine groups is 1. The van der Waals surface area contributed by atoms with Crippen LogP contribution < -0.4 is 5.48 Å². The van der Waals surface area contributed by atoms with Crippen molar-refractivity contribution in [2.24, 2.45) is 0 Å². The monoisotopic (exact) mass is 409 g/mol. The summed E-state index contributed by atoms with van der Waals surface area (Å²) < 4.78 is 5.44. The summed E-state index contributed by atoms with van der Waals surface area (Å²) in [4.78, 5) is 26.9. The zero-order chi connectivity index (χ0) is 19.9. The van der Waals surface area contributed by atoms with Crippen LogP contribution in [0.15, 0.2) is 54.9 Å². The van der Waals surface area contributed by atoms with Crippen LogP contribution in [0.4, 0.5) is 0 Å². The van der Waals surface area contributed by atoms with Gasteiger partial charge in [-0.3, -0.25) is 9.78 Å². The molecule has 0 aliphatic carbocycles. The number of nitrogens with zero attached hydrogens (tertiary/aromatic N) is 2. The van der Waals surface area contributed by atoms with Gasteiger partial charge in [-0.25, -0.2) is 15.3 Å². The maximum absolute atomic E-state index is 12.3. The first-order valence-corrected chi connectivity index (χ1v) is 10.6. The first kappa shape index (κ1) is 19.7. The Labute approximate surface area is 173 Å². The van der Waals surface area contributed by atoms with Crippen molar-refractivity contribution in [2.75, 3.05) is 6.61 Å². The number of ether oxygens (including phenoxy) is 1. The molecule has 29 heavy (non-hydrogen) atoms. The summed E-state index contributed by atoms with van der Waals surface area (Å²) in [7, 11) is 0. The van der Waals surface area contributed by atoms with Crippen LogP contribution in [-0.2, 0) is 22.4 Å². The number of thiazole rings is 1. The lowest BCUT2D eigenvalue weighted by molar-refractivity contribution is -0.186. The second kappa shape index (κ2) is 9.73. The molecule has 3 heterocycles. The van der Waals surface area contributed by atoms with Gasteiger partial charge in [0, 0.05) is 19.2 Å². The fourth-order valence-electron chi connectivity index (χ4n) is 3.10. The number of amides is 1. The van der Waals surface area contributed by atoms with Crippen molar-refractivity contribution in [3.05, 3.63) is 70.9 Å². The van der Waals surface area contributed by atoms with Gasteiger partial charge in [0.05, 0.1) is 11.9 Å². The number of aryl methyl sites for hydroxylation is 2. The summed E-state index contributed by atoms with van der Waals surface area (Å²) in [5.41, 5.74) is 5.71. The largest absolute Gasteiger partial charge is 0.350 e. The minimum Gasteiger partial charge on any atom is -0.350 e. The van der Waals surface area contributed by atoms with Crippen LogP contribution in [0.25, 0.3) is 10.7 Å². The van der Waals surface area contributed by atoms with Crippen molar-refractivity contribution in [3.8, 4) is 10.7 Å². The Morgan fingerprint density at radius 1 is 1.07 bits per heavy atom. The smallest absolute Gasteiger partial charge is 0.286 e. The van der Waals surface area contributed by atoms with Crippen LogP contribution in [0.3, 0.4) is 0 Å². The van der Waals surface area contributed by atoms with E-state index in [-0.39, 0.29) is 12.2 Å². The molecule has 7 heteroatoms. The van der Waals surface area contributed by atoms with Crippen molar-refractivity contribution in [1.82, 2.24) is 15.4 Å². The maximum atomic E-state index is 12.3. The third-order valence-corrected chi connectivity index (χ3v) is 5.76. The van der Waals surface area contributed by atoms with Gasteiger partial charge in [-0.2, -0.15) is 0 Å². The normalized spacial score (nSPS) is 16.5. The SMILES string of the molecule is O=C(NOC1CCCCO1)c1cnc(-c2ccc(CCc3ccccc3)cn2)s1. The van der Waals surface area contributed by atoms with Crippen molar-refractivity contribution < 1.29 is 14.4 Å². The van der Waals surface area contributed by atoms with Gasteiger partial charge < -0.3 is 4.74 Å². The third-order valence-electron chi connectivity index (χ3n) is 4.74. The highest BCUT2D eigenvalue weighted by atomic mass is 32.1. The predicted octanol–water partition coefficient (Wildman–Crippen LogP) is 4.18. The molecule has 6 nitrogen and oxygen atoms in total. The Morgan fingerprint density at radius 3 is 2.69 bits per heavy atom. The lowest BCUT2D eigenvalue weighted by Crippen LogP contribution is -2.32. The molecule has 3 aromatic rings.